The van der Waals surface area contributed by atoms with Gasteiger partial charge in [0.25, 0.3) is 0 Å². The van der Waals surface area contributed by atoms with Crippen LogP contribution < -0.4 is 5.32 Å². The van der Waals surface area contributed by atoms with Gasteiger partial charge in [-0.2, -0.15) is 5.10 Å². The van der Waals surface area contributed by atoms with E-state index in [9.17, 15) is 0 Å². The zero-order valence-corrected chi connectivity index (χ0v) is 9.58. The van der Waals surface area contributed by atoms with Gasteiger partial charge in [0, 0.05) is 12.7 Å². The SMILES string of the molecule is CCNc1nnc(Cn2cc(C)cn2)s1. The van der Waals surface area contributed by atoms with Gasteiger partial charge in [-0.25, -0.2) is 0 Å². The van der Waals surface area contributed by atoms with Crippen LogP contribution in [0.15, 0.2) is 12.4 Å². The highest BCUT2D eigenvalue weighted by Crippen LogP contribution is 2.15. The van der Waals surface area contributed by atoms with E-state index in [0.29, 0.717) is 6.54 Å². The molecule has 15 heavy (non-hydrogen) atoms. The van der Waals surface area contributed by atoms with Crippen molar-refractivity contribution in [2.24, 2.45) is 0 Å². The van der Waals surface area contributed by atoms with Gasteiger partial charge in [0.1, 0.15) is 5.01 Å². The summed E-state index contributed by atoms with van der Waals surface area (Å²) in [5.41, 5.74) is 1.16. The van der Waals surface area contributed by atoms with E-state index in [-0.39, 0.29) is 0 Å². The Bertz CT molecular complexity index is 433. The topological polar surface area (TPSA) is 55.6 Å². The van der Waals surface area contributed by atoms with E-state index < -0.39 is 0 Å². The van der Waals surface area contributed by atoms with Gasteiger partial charge >= 0.3 is 0 Å². The summed E-state index contributed by atoms with van der Waals surface area (Å²) < 4.78 is 1.87. The van der Waals surface area contributed by atoms with Crippen molar-refractivity contribution >= 4 is 16.5 Å². The van der Waals surface area contributed by atoms with Crippen LogP contribution in [-0.4, -0.2) is 26.5 Å². The molecule has 2 heterocycles. The molecule has 1 N–H and O–H groups in total. The van der Waals surface area contributed by atoms with Crippen LogP contribution in [0.5, 0.6) is 0 Å². The maximum absolute atomic E-state index is 4.20. The van der Waals surface area contributed by atoms with Gasteiger partial charge < -0.3 is 5.32 Å². The van der Waals surface area contributed by atoms with Crippen LogP contribution in [-0.2, 0) is 6.54 Å². The van der Waals surface area contributed by atoms with Gasteiger partial charge in [0.05, 0.1) is 12.7 Å². The zero-order chi connectivity index (χ0) is 10.7. The van der Waals surface area contributed by atoms with Crippen molar-refractivity contribution in [2.45, 2.75) is 20.4 Å². The molecule has 0 bridgehead atoms. The number of hydrogen-bond acceptors (Lipinski definition) is 5. The predicted molar refractivity (Wildman–Crippen MR) is 60.1 cm³/mol. The normalized spacial score (nSPS) is 10.5. The van der Waals surface area contributed by atoms with Gasteiger partial charge in [-0.3, -0.25) is 4.68 Å². The molecular weight excluding hydrogens is 210 g/mol. The minimum Gasteiger partial charge on any atom is -0.360 e. The summed E-state index contributed by atoms with van der Waals surface area (Å²) in [6.07, 6.45) is 3.83. The van der Waals surface area contributed by atoms with Crippen LogP contribution in [0.25, 0.3) is 0 Å². The second-order valence-electron chi connectivity index (χ2n) is 3.25. The van der Waals surface area contributed by atoms with Gasteiger partial charge in [-0.15, -0.1) is 10.2 Å². The monoisotopic (exact) mass is 223 g/mol. The summed E-state index contributed by atoms with van der Waals surface area (Å²) >= 11 is 1.57. The molecule has 0 radical (unpaired) electrons. The molecule has 0 aliphatic rings. The molecule has 2 aromatic heterocycles. The van der Waals surface area contributed by atoms with Crippen molar-refractivity contribution in [3.8, 4) is 0 Å². The first-order valence-electron chi connectivity index (χ1n) is 4.83. The molecule has 2 rings (SSSR count). The molecule has 80 valence electrons. The summed E-state index contributed by atoms with van der Waals surface area (Å²) in [6, 6.07) is 0. The van der Waals surface area contributed by atoms with Crippen LogP contribution in [0.4, 0.5) is 5.13 Å². The molecular formula is C9H13N5S. The Hall–Kier alpha value is -1.43. The number of nitrogens with zero attached hydrogens (tertiary/aromatic N) is 4. The number of aryl methyl sites for hydroxylation is 1. The Balaban J connectivity index is 2.04. The summed E-state index contributed by atoms with van der Waals surface area (Å²) in [5.74, 6) is 0. The molecule has 6 heteroatoms. The van der Waals surface area contributed by atoms with Gasteiger partial charge in [0.15, 0.2) is 0 Å². The highest BCUT2D eigenvalue weighted by Gasteiger charge is 2.04. The van der Waals surface area contributed by atoms with Crippen molar-refractivity contribution in [3.63, 3.8) is 0 Å². The molecule has 0 aromatic carbocycles. The third kappa shape index (κ3) is 2.53. The third-order valence-corrected chi connectivity index (χ3v) is 2.72. The average Bonchev–Trinajstić information content (AvgIpc) is 2.78. The Morgan fingerprint density at radius 2 is 2.33 bits per heavy atom. The van der Waals surface area contributed by atoms with E-state index >= 15 is 0 Å². The van der Waals surface area contributed by atoms with Crippen molar-refractivity contribution in [3.05, 3.63) is 23.0 Å². The third-order valence-electron chi connectivity index (χ3n) is 1.85. The van der Waals surface area contributed by atoms with Gasteiger partial charge in [-0.1, -0.05) is 11.3 Å². The lowest BCUT2D eigenvalue weighted by Crippen LogP contribution is -1.99. The maximum Gasteiger partial charge on any atom is 0.205 e. The molecule has 2 aromatic rings. The fraction of sp³-hybridized carbons (Fsp3) is 0.444. The Morgan fingerprint density at radius 3 is 3.00 bits per heavy atom. The number of anilines is 1. The highest BCUT2D eigenvalue weighted by atomic mass is 32.1. The molecule has 0 amide bonds. The molecule has 0 saturated carbocycles. The fourth-order valence-corrected chi connectivity index (χ4v) is 2.03. The van der Waals surface area contributed by atoms with Crippen molar-refractivity contribution in [1.29, 1.82) is 0 Å². The summed E-state index contributed by atoms with van der Waals surface area (Å²) in [6.45, 7) is 5.62. The molecule has 0 spiro atoms. The Kier molecular flexibility index (Phi) is 2.96. The second kappa shape index (κ2) is 4.39. The van der Waals surface area contributed by atoms with Crippen molar-refractivity contribution in [1.82, 2.24) is 20.0 Å². The molecule has 0 aliphatic carbocycles. The first-order chi connectivity index (χ1) is 7.28. The van der Waals surface area contributed by atoms with Crippen LogP contribution >= 0.6 is 11.3 Å². The van der Waals surface area contributed by atoms with Crippen molar-refractivity contribution < 1.29 is 0 Å². The molecule has 0 saturated heterocycles. The van der Waals surface area contributed by atoms with Crippen LogP contribution in [0.1, 0.15) is 17.5 Å². The smallest absolute Gasteiger partial charge is 0.205 e. The number of hydrogen-bond donors (Lipinski definition) is 1. The van der Waals surface area contributed by atoms with E-state index in [1.807, 2.05) is 30.9 Å². The first kappa shape index (κ1) is 10.1. The zero-order valence-electron chi connectivity index (χ0n) is 8.77. The van der Waals surface area contributed by atoms with Gasteiger partial charge in [0.2, 0.25) is 5.13 Å². The highest BCUT2D eigenvalue weighted by molar-refractivity contribution is 7.15. The van der Waals surface area contributed by atoms with E-state index in [1.165, 1.54) is 0 Å². The number of aromatic nitrogens is 4. The quantitative estimate of drug-likeness (QED) is 0.854. The Labute approximate surface area is 92.2 Å². The summed E-state index contributed by atoms with van der Waals surface area (Å²) in [4.78, 5) is 0. The molecule has 5 nitrogen and oxygen atoms in total. The van der Waals surface area contributed by atoms with E-state index in [1.54, 1.807) is 11.3 Å². The molecule has 0 atom stereocenters. The summed E-state index contributed by atoms with van der Waals surface area (Å²) in [7, 11) is 0. The minimum atomic E-state index is 0.691. The predicted octanol–water partition coefficient (Wildman–Crippen LogP) is 1.52. The largest absolute Gasteiger partial charge is 0.360 e. The van der Waals surface area contributed by atoms with E-state index in [2.05, 4.69) is 20.6 Å². The van der Waals surface area contributed by atoms with E-state index in [0.717, 1.165) is 22.2 Å². The lowest BCUT2D eigenvalue weighted by atomic mass is 10.4. The maximum atomic E-state index is 4.20. The van der Waals surface area contributed by atoms with E-state index in [4.69, 9.17) is 0 Å². The fourth-order valence-electron chi connectivity index (χ4n) is 1.23. The minimum absolute atomic E-state index is 0.691. The number of nitrogens with one attached hydrogen (secondary N) is 1. The number of rotatable bonds is 4. The molecule has 0 fully saturated rings. The standard InChI is InChI=1S/C9H13N5S/c1-3-10-9-13-12-8(15-9)6-14-5-7(2)4-11-14/h4-5H,3,6H2,1-2H3,(H,10,13). The average molecular weight is 223 g/mol. The summed E-state index contributed by atoms with van der Waals surface area (Å²) in [5, 5.41) is 17.3. The second-order valence-corrected chi connectivity index (χ2v) is 4.31. The lowest BCUT2D eigenvalue weighted by molar-refractivity contribution is 0.677. The Morgan fingerprint density at radius 1 is 1.47 bits per heavy atom. The first-order valence-corrected chi connectivity index (χ1v) is 5.65. The van der Waals surface area contributed by atoms with Crippen molar-refractivity contribution in [2.75, 3.05) is 11.9 Å². The van der Waals surface area contributed by atoms with Crippen LogP contribution in [0.3, 0.4) is 0 Å². The lowest BCUT2D eigenvalue weighted by Gasteiger charge is -1.95. The van der Waals surface area contributed by atoms with Crippen LogP contribution in [0.2, 0.25) is 0 Å². The molecule has 0 aliphatic heterocycles. The van der Waals surface area contributed by atoms with Crippen LogP contribution in [0, 0.1) is 6.92 Å². The molecule has 0 unspecified atom stereocenters. The van der Waals surface area contributed by atoms with Gasteiger partial charge in [-0.05, 0) is 19.4 Å².